The van der Waals surface area contributed by atoms with Crippen molar-refractivity contribution < 1.29 is 19.0 Å². The molecule has 0 amide bonds. The first-order valence-corrected chi connectivity index (χ1v) is 8.27. The predicted octanol–water partition coefficient (Wildman–Crippen LogP) is 1.24. The lowest BCUT2D eigenvalue weighted by Crippen LogP contribution is -2.04. The largest absolute Gasteiger partial charge is 0.490 e. The van der Waals surface area contributed by atoms with Crippen molar-refractivity contribution in [1.29, 1.82) is 0 Å². The van der Waals surface area contributed by atoms with E-state index in [0.29, 0.717) is 24.6 Å². The Kier molecular flexibility index (Phi) is 13.4. The summed E-state index contributed by atoms with van der Waals surface area (Å²) < 4.78 is 15.1. The van der Waals surface area contributed by atoms with Crippen LogP contribution in [0.25, 0.3) is 0 Å². The Morgan fingerprint density at radius 1 is 0.645 bits per heavy atom. The van der Waals surface area contributed by atoms with Crippen molar-refractivity contribution in [3.05, 3.63) is 24.3 Å². The van der Waals surface area contributed by atoms with Gasteiger partial charge in [0.25, 0.3) is 6.47 Å². The van der Waals surface area contributed by atoms with Crippen LogP contribution in [0.5, 0.6) is 11.5 Å². The number of benzene rings is 1. The van der Waals surface area contributed by atoms with E-state index in [1.54, 1.807) is 24.3 Å². The number of ether oxygens (including phenoxy) is 3. The van der Waals surface area contributed by atoms with E-state index in [4.69, 9.17) is 15.9 Å². The zero-order valence-corrected chi connectivity index (χ0v) is 16.0. The molecule has 1 aromatic carbocycles. The second-order valence-electron chi connectivity index (χ2n) is 4.50. The Hall–Kier alpha value is -5.67. The lowest BCUT2D eigenvalue weighted by Gasteiger charge is -2.05. The Balaban J connectivity index is 2.25. The van der Waals surface area contributed by atoms with Crippen LogP contribution in [0.15, 0.2) is 24.3 Å². The highest BCUT2D eigenvalue weighted by Crippen LogP contribution is 2.16. The van der Waals surface area contributed by atoms with Crippen LogP contribution in [0.3, 0.4) is 0 Å². The lowest BCUT2D eigenvalue weighted by molar-refractivity contribution is -0.120. The van der Waals surface area contributed by atoms with Gasteiger partial charge in [-0.3, -0.25) is 4.79 Å². The fourth-order valence-electron chi connectivity index (χ4n) is 1.43. The minimum Gasteiger partial charge on any atom is -0.490 e. The molecule has 142 valence electrons. The molecule has 31 heavy (non-hydrogen) atoms. The van der Waals surface area contributed by atoms with Gasteiger partial charge in [-0.2, -0.15) is 0 Å². The average molecular weight is 398 g/mol. The molecule has 1 aromatic rings. The summed E-state index contributed by atoms with van der Waals surface area (Å²) in [6.07, 6.45) is 7.33. The molecule has 0 fully saturated rings. The second-order valence-corrected chi connectivity index (χ2v) is 4.50. The molecule has 4 heteroatoms. The average Bonchev–Trinajstić information content (AvgIpc) is 2.79. The summed E-state index contributed by atoms with van der Waals surface area (Å²) in [5.41, 5.74) is 0. The number of carbonyl (C=O) groups is 1. The maximum absolute atomic E-state index is 10.2. The van der Waals surface area contributed by atoms with E-state index in [-0.39, 0.29) is 6.61 Å². The number of carbonyl (C=O) groups excluding carboxylic acids is 1. The minimum atomic E-state index is 0.254. The second kappa shape index (κ2) is 17.7. The highest BCUT2D eigenvalue weighted by molar-refractivity contribution is 5.47. The summed E-state index contributed by atoms with van der Waals surface area (Å²) in [7, 11) is 0. The predicted molar refractivity (Wildman–Crippen MR) is 116 cm³/mol. The fourth-order valence-corrected chi connectivity index (χ4v) is 1.43. The van der Waals surface area contributed by atoms with Crippen LogP contribution in [0, 0.1) is 107 Å². The van der Waals surface area contributed by atoms with Crippen molar-refractivity contribution in [2.24, 2.45) is 0 Å². The molecule has 0 saturated carbocycles. The number of rotatable bonds is 6. The van der Waals surface area contributed by atoms with Gasteiger partial charge in [0.05, 0.1) is 0 Å². The first-order valence-electron chi connectivity index (χ1n) is 8.27. The lowest BCUT2D eigenvalue weighted by atomic mass is 10.3. The SMILES string of the molecule is C#CC#CC#CC#CC#CC#CC#CC#CC#COCCOc1ccc(OC=O)cc1. The molecule has 0 saturated heterocycles. The van der Waals surface area contributed by atoms with Crippen LogP contribution in [0.1, 0.15) is 0 Å². The summed E-state index contributed by atoms with van der Waals surface area (Å²) in [6.45, 7) is 0.906. The van der Waals surface area contributed by atoms with Gasteiger partial charge in [0.1, 0.15) is 30.8 Å². The number of hydrogen-bond donors (Lipinski definition) is 0. The van der Waals surface area contributed by atoms with Crippen LogP contribution < -0.4 is 9.47 Å². The van der Waals surface area contributed by atoms with E-state index in [1.807, 2.05) is 0 Å². The maximum atomic E-state index is 10.2. The highest BCUT2D eigenvalue weighted by atomic mass is 16.5. The summed E-state index contributed by atoms with van der Waals surface area (Å²) in [5.74, 6) is 40.2. The molecular formula is C27H10O4. The number of hydrogen-bond acceptors (Lipinski definition) is 4. The third-order valence-corrected chi connectivity index (χ3v) is 2.53. The van der Waals surface area contributed by atoms with Gasteiger partial charge in [-0.25, -0.2) is 0 Å². The summed E-state index contributed by atoms with van der Waals surface area (Å²) in [6, 6.07) is 6.57. The van der Waals surface area contributed by atoms with Crippen LogP contribution in [-0.4, -0.2) is 19.7 Å². The minimum absolute atomic E-state index is 0.254. The highest BCUT2D eigenvalue weighted by Gasteiger charge is 1.95. The maximum Gasteiger partial charge on any atom is 0.298 e. The normalized spacial score (nSPS) is 6.29. The van der Waals surface area contributed by atoms with Gasteiger partial charge in [0.2, 0.25) is 0 Å². The molecule has 0 spiro atoms. The van der Waals surface area contributed by atoms with Crippen molar-refractivity contribution >= 4 is 6.47 Å². The van der Waals surface area contributed by atoms with E-state index < -0.39 is 0 Å². The molecule has 0 aliphatic heterocycles. The Labute approximate surface area is 182 Å². The zero-order chi connectivity index (χ0) is 22.2. The molecule has 0 atom stereocenters. The van der Waals surface area contributed by atoms with Gasteiger partial charge >= 0.3 is 0 Å². The van der Waals surface area contributed by atoms with E-state index >= 15 is 0 Å². The summed E-state index contributed by atoms with van der Waals surface area (Å²) >= 11 is 0. The fraction of sp³-hybridized carbons (Fsp3) is 0.0741. The first-order chi connectivity index (χ1) is 15.4. The molecule has 0 aliphatic carbocycles. The first kappa shape index (κ1) is 23.4. The van der Waals surface area contributed by atoms with Crippen LogP contribution >= 0.6 is 0 Å². The molecule has 1 rings (SSSR count). The van der Waals surface area contributed by atoms with Gasteiger partial charge < -0.3 is 14.2 Å². The van der Waals surface area contributed by atoms with Crippen LogP contribution in [-0.2, 0) is 9.53 Å². The van der Waals surface area contributed by atoms with Crippen molar-refractivity contribution in [2.45, 2.75) is 0 Å². The Morgan fingerprint density at radius 3 is 1.58 bits per heavy atom. The summed E-state index contributed by atoms with van der Waals surface area (Å²) in [5, 5.41) is 0. The van der Waals surface area contributed by atoms with Crippen molar-refractivity contribution in [2.75, 3.05) is 13.2 Å². The monoisotopic (exact) mass is 398 g/mol. The molecular weight excluding hydrogens is 388 g/mol. The standard InChI is InChI=1S/C27H10O4/c1-2-3-4-5-6-7-8-9-10-11-12-13-14-15-16-17-22-29-23-24-30-26-18-20-27(21-19-26)31-25-28/h1,18-21,25H,23-24H2. The molecule has 0 bridgehead atoms. The quantitative estimate of drug-likeness (QED) is 0.411. The van der Waals surface area contributed by atoms with E-state index in [1.165, 1.54) is 0 Å². The van der Waals surface area contributed by atoms with E-state index in [2.05, 4.69) is 106 Å². The molecule has 0 unspecified atom stereocenters. The zero-order valence-electron chi connectivity index (χ0n) is 16.0. The van der Waals surface area contributed by atoms with Crippen LogP contribution in [0.4, 0.5) is 0 Å². The third kappa shape index (κ3) is 14.1. The third-order valence-electron chi connectivity index (χ3n) is 2.53. The van der Waals surface area contributed by atoms with Crippen molar-refractivity contribution in [1.82, 2.24) is 0 Å². The van der Waals surface area contributed by atoms with Gasteiger partial charge in [-0.05, 0) is 71.6 Å². The molecule has 0 heterocycles. The van der Waals surface area contributed by atoms with Gasteiger partial charge in [0, 0.05) is 47.4 Å². The molecule has 0 aliphatic rings. The van der Waals surface area contributed by atoms with E-state index in [0.717, 1.165) is 0 Å². The summed E-state index contributed by atoms with van der Waals surface area (Å²) in [4.78, 5) is 10.2. The number of terminal acetylenes is 1. The van der Waals surface area contributed by atoms with Crippen molar-refractivity contribution in [3.63, 3.8) is 0 Å². The molecule has 0 N–H and O–H groups in total. The van der Waals surface area contributed by atoms with Crippen LogP contribution in [0.2, 0.25) is 0 Å². The molecule has 0 aromatic heterocycles. The van der Waals surface area contributed by atoms with Crippen molar-refractivity contribution in [3.8, 4) is 119 Å². The van der Waals surface area contributed by atoms with Gasteiger partial charge in [-0.1, -0.05) is 0 Å². The Bertz CT molecular complexity index is 1310. The molecule has 0 radical (unpaired) electrons. The topological polar surface area (TPSA) is 44.8 Å². The van der Waals surface area contributed by atoms with E-state index in [9.17, 15) is 4.79 Å². The van der Waals surface area contributed by atoms with Gasteiger partial charge in [-0.15, -0.1) is 6.42 Å². The smallest absolute Gasteiger partial charge is 0.298 e. The Morgan fingerprint density at radius 2 is 1.10 bits per heavy atom. The molecule has 4 nitrogen and oxygen atoms in total. The van der Waals surface area contributed by atoms with Gasteiger partial charge in [0.15, 0.2) is 0 Å².